The molecule has 1 aliphatic heterocycles. The molecule has 1 saturated heterocycles. The Morgan fingerprint density at radius 2 is 1.70 bits per heavy atom. The van der Waals surface area contributed by atoms with Crippen LogP contribution in [0.5, 0.6) is 0 Å². The molecule has 12 nitrogen and oxygen atoms in total. The fourth-order valence-corrected chi connectivity index (χ4v) is 5.49. The molecule has 0 unspecified atom stereocenters. The minimum absolute atomic E-state index is 0.411. The van der Waals surface area contributed by atoms with E-state index in [1.165, 1.54) is 12.1 Å². The molecule has 222 valence electrons. The molecule has 0 bridgehead atoms. The van der Waals surface area contributed by atoms with Crippen LogP contribution in [0.15, 0.2) is 85.3 Å². The smallest absolute Gasteiger partial charge is 0.371 e. The summed E-state index contributed by atoms with van der Waals surface area (Å²) in [5.74, 6) is 0.456. The van der Waals surface area contributed by atoms with Crippen LogP contribution < -0.4 is 15.5 Å². The second-order valence-electron chi connectivity index (χ2n) is 10.6. The summed E-state index contributed by atoms with van der Waals surface area (Å²) in [6.07, 6.45) is 6.36. The molecule has 0 spiro atoms. The Labute approximate surface area is 252 Å². The summed E-state index contributed by atoms with van der Waals surface area (Å²) in [5, 5.41) is 7.84. The van der Waals surface area contributed by atoms with Crippen molar-refractivity contribution in [1.82, 2.24) is 24.5 Å². The summed E-state index contributed by atoms with van der Waals surface area (Å²) in [7, 11) is -4.75. The van der Waals surface area contributed by atoms with Gasteiger partial charge in [0.05, 0.1) is 22.9 Å². The highest BCUT2D eigenvalue weighted by Crippen LogP contribution is 2.38. The predicted octanol–water partition coefficient (Wildman–Crippen LogP) is 6.11. The van der Waals surface area contributed by atoms with Crippen LogP contribution in [0.2, 0.25) is 0 Å². The second kappa shape index (κ2) is 11.3. The van der Waals surface area contributed by atoms with Crippen LogP contribution in [0, 0.1) is 6.92 Å². The van der Waals surface area contributed by atoms with Crippen LogP contribution in [0.1, 0.15) is 12.1 Å². The zero-order valence-corrected chi connectivity index (χ0v) is 24.6. The third-order valence-electron chi connectivity index (χ3n) is 7.51. The predicted molar refractivity (Wildman–Crippen MR) is 170 cm³/mol. The van der Waals surface area contributed by atoms with Crippen LogP contribution >= 0.6 is 7.82 Å². The topological polar surface area (TPSA) is 151 Å². The molecule has 4 aromatic heterocycles. The van der Waals surface area contributed by atoms with Crippen molar-refractivity contribution in [3.63, 3.8) is 0 Å². The van der Waals surface area contributed by atoms with E-state index >= 15 is 0 Å². The van der Waals surface area contributed by atoms with Crippen molar-refractivity contribution in [1.29, 1.82) is 0 Å². The van der Waals surface area contributed by atoms with Gasteiger partial charge in [0.2, 0.25) is 0 Å². The first-order valence-electron chi connectivity index (χ1n) is 14.1. The SMILES string of the molecule is Cc1cc(Nc2cnc3nc(-c4ccc(Nc5ccnc6ccc(N7CCC7)cc56)cc4)n(COP(=O)(O)O)c3c2)ccn1. The number of benzene rings is 2. The summed E-state index contributed by atoms with van der Waals surface area (Å²) < 4.78 is 18.1. The molecule has 4 N–H and O–H groups in total. The Morgan fingerprint density at radius 3 is 2.45 bits per heavy atom. The Kier molecular flexibility index (Phi) is 7.19. The highest BCUT2D eigenvalue weighted by Gasteiger charge is 2.20. The standard InChI is InChI=1S/C31H29N8O4P/c1-20-15-23(9-11-32-20)35-24-16-29-30(34-18-24)37-31(39(29)19-43-44(40,41)42)21-3-5-22(6-4-21)36-28-10-12-33-27-8-7-25(17-26(27)28)38-13-2-14-38/h3-12,15-18H,2,13-14,19H2,1H3,(H,32,35)(H,33,36)(H2,40,41,42). The molecule has 44 heavy (non-hydrogen) atoms. The van der Waals surface area contributed by atoms with Gasteiger partial charge in [0.1, 0.15) is 12.6 Å². The van der Waals surface area contributed by atoms with Gasteiger partial charge in [-0.15, -0.1) is 0 Å². The van der Waals surface area contributed by atoms with Crippen LogP contribution in [0.25, 0.3) is 33.5 Å². The largest absolute Gasteiger partial charge is 0.471 e. The number of phosphoric ester groups is 1. The zero-order chi connectivity index (χ0) is 30.3. The van der Waals surface area contributed by atoms with E-state index in [1.807, 2.05) is 55.5 Å². The average Bonchev–Trinajstić information content (AvgIpc) is 3.33. The van der Waals surface area contributed by atoms with Crippen molar-refractivity contribution < 1.29 is 18.9 Å². The van der Waals surface area contributed by atoms with Crippen molar-refractivity contribution in [3.05, 3.63) is 91.0 Å². The van der Waals surface area contributed by atoms with Gasteiger partial charge in [0, 0.05) is 64.9 Å². The van der Waals surface area contributed by atoms with Crippen molar-refractivity contribution in [2.75, 3.05) is 28.6 Å². The molecule has 0 saturated carbocycles. The van der Waals surface area contributed by atoms with Gasteiger partial charge in [-0.25, -0.2) is 14.5 Å². The lowest BCUT2D eigenvalue weighted by atomic mass is 10.1. The number of aryl methyl sites for hydroxylation is 1. The van der Waals surface area contributed by atoms with Gasteiger partial charge < -0.3 is 25.3 Å². The number of fused-ring (bicyclic) bond motifs is 2. The molecule has 0 atom stereocenters. The number of aromatic nitrogens is 5. The van der Waals surface area contributed by atoms with Crippen molar-refractivity contribution in [2.24, 2.45) is 0 Å². The van der Waals surface area contributed by atoms with Crippen LogP contribution in [0.4, 0.5) is 28.4 Å². The van der Waals surface area contributed by atoms with Gasteiger partial charge in [0.25, 0.3) is 0 Å². The summed E-state index contributed by atoms with van der Waals surface area (Å²) in [4.78, 5) is 39.2. The molecule has 13 heteroatoms. The van der Waals surface area contributed by atoms with Gasteiger partial charge >= 0.3 is 7.82 Å². The number of hydrogen-bond acceptors (Lipinski definition) is 9. The van der Waals surface area contributed by atoms with Crippen molar-refractivity contribution >= 4 is 58.3 Å². The van der Waals surface area contributed by atoms with Gasteiger partial charge in [0.15, 0.2) is 5.65 Å². The first-order valence-corrected chi connectivity index (χ1v) is 15.6. The highest BCUT2D eigenvalue weighted by molar-refractivity contribution is 7.46. The monoisotopic (exact) mass is 608 g/mol. The Hall–Kier alpha value is -4.87. The molecule has 7 rings (SSSR count). The first kappa shape index (κ1) is 27.9. The van der Waals surface area contributed by atoms with E-state index in [1.54, 1.807) is 23.2 Å². The van der Waals surface area contributed by atoms with E-state index in [4.69, 9.17) is 4.52 Å². The molecule has 1 aliphatic rings. The minimum Gasteiger partial charge on any atom is -0.371 e. The molecule has 2 aromatic carbocycles. The lowest BCUT2D eigenvalue weighted by Crippen LogP contribution is -2.36. The average molecular weight is 609 g/mol. The van der Waals surface area contributed by atoms with Crippen molar-refractivity contribution in [3.8, 4) is 11.4 Å². The van der Waals surface area contributed by atoms with Gasteiger partial charge in [-0.2, -0.15) is 0 Å². The van der Waals surface area contributed by atoms with E-state index in [9.17, 15) is 14.4 Å². The summed E-state index contributed by atoms with van der Waals surface area (Å²) in [6.45, 7) is 3.62. The van der Waals surface area contributed by atoms with Crippen molar-refractivity contribution in [2.45, 2.75) is 20.1 Å². The van der Waals surface area contributed by atoms with Gasteiger partial charge in [-0.1, -0.05) is 0 Å². The van der Waals surface area contributed by atoms with Gasteiger partial charge in [-0.05, 0) is 80.1 Å². The summed E-state index contributed by atoms with van der Waals surface area (Å²) in [5.41, 5.74) is 7.96. The number of hydrogen-bond donors (Lipinski definition) is 4. The summed E-state index contributed by atoms with van der Waals surface area (Å²) >= 11 is 0. The number of phosphoric acid groups is 1. The van der Waals surface area contributed by atoms with E-state index in [-0.39, 0.29) is 0 Å². The molecular weight excluding hydrogens is 579 g/mol. The molecule has 5 heterocycles. The zero-order valence-electron chi connectivity index (χ0n) is 23.8. The Morgan fingerprint density at radius 1 is 0.886 bits per heavy atom. The molecular formula is C31H29N8O4P. The van der Waals surface area contributed by atoms with E-state index < -0.39 is 14.6 Å². The summed E-state index contributed by atoms with van der Waals surface area (Å²) in [6, 6.07) is 21.5. The van der Waals surface area contributed by atoms with E-state index in [0.29, 0.717) is 22.7 Å². The number of anilines is 5. The number of nitrogens with one attached hydrogen (secondary N) is 2. The molecule has 1 fully saturated rings. The fourth-order valence-electron chi connectivity index (χ4n) is 5.22. The fraction of sp³-hybridized carbons (Fsp3) is 0.161. The quantitative estimate of drug-likeness (QED) is 0.141. The maximum Gasteiger partial charge on any atom is 0.471 e. The molecule has 0 amide bonds. The highest BCUT2D eigenvalue weighted by atomic mass is 31.2. The number of imidazole rings is 1. The maximum absolute atomic E-state index is 11.6. The molecule has 0 aliphatic carbocycles. The second-order valence-corrected chi connectivity index (χ2v) is 11.8. The molecule has 6 aromatic rings. The van der Waals surface area contributed by atoms with Crippen LogP contribution in [-0.4, -0.2) is 47.4 Å². The van der Waals surface area contributed by atoms with E-state index in [2.05, 4.69) is 53.7 Å². The van der Waals surface area contributed by atoms with Gasteiger partial charge in [-0.3, -0.25) is 19.1 Å². The lowest BCUT2D eigenvalue weighted by molar-refractivity contribution is 0.157. The third-order valence-corrected chi connectivity index (χ3v) is 7.97. The Bertz CT molecular complexity index is 2040. The van der Waals surface area contributed by atoms with Crippen LogP contribution in [-0.2, 0) is 15.8 Å². The number of rotatable bonds is 9. The number of pyridine rings is 3. The lowest BCUT2D eigenvalue weighted by Gasteiger charge is -2.33. The maximum atomic E-state index is 11.6. The normalized spacial score (nSPS) is 13.3. The van der Waals surface area contributed by atoms with Crippen LogP contribution in [0.3, 0.4) is 0 Å². The third kappa shape index (κ3) is 5.84. The molecule has 0 radical (unpaired) electrons. The minimum atomic E-state index is -4.75. The number of nitrogens with zero attached hydrogens (tertiary/aromatic N) is 6. The first-order chi connectivity index (χ1) is 21.3. The Balaban J connectivity index is 1.20. The van der Waals surface area contributed by atoms with E-state index in [0.717, 1.165) is 52.3 Å².